The van der Waals surface area contributed by atoms with Crippen LogP contribution in [-0.4, -0.2) is 33.4 Å². The van der Waals surface area contributed by atoms with Crippen molar-refractivity contribution in [2.45, 2.75) is 23.8 Å². The molecule has 1 fully saturated rings. The van der Waals surface area contributed by atoms with Gasteiger partial charge >= 0.3 is 0 Å². The lowest BCUT2D eigenvalue weighted by Crippen LogP contribution is -2.28. The van der Waals surface area contributed by atoms with Gasteiger partial charge in [0.2, 0.25) is 0 Å². The van der Waals surface area contributed by atoms with Gasteiger partial charge in [-0.25, -0.2) is 9.37 Å². The Morgan fingerprint density at radius 2 is 1.82 bits per heavy atom. The van der Waals surface area contributed by atoms with E-state index >= 15 is 0 Å². The van der Waals surface area contributed by atoms with E-state index in [4.69, 9.17) is 16.6 Å². The molecule has 0 spiro atoms. The zero-order valence-electron chi connectivity index (χ0n) is 18.2. The number of carbonyl (C=O) groups excluding carboxylic acids is 1. The SMILES string of the molecule is O=C(c1ccc2c(=O)n(-c3cccc(F)c3)c(SCc3ccccc3Cl)nc2c1)N1CCCC1. The summed E-state index contributed by atoms with van der Waals surface area (Å²) in [5, 5.41) is 1.38. The summed E-state index contributed by atoms with van der Waals surface area (Å²) in [5.41, 5.74) is 1.90. The van der Waals surface area contributed by atoms with Crippen LogP contribution in [0.1, 0.15) is 28.8 Å². The fourth-order valence-corrected chi connectivity index (χ4v) is 5.40. The minimum Gasteiger partial charge on any atom is -0.339 e. The number of likely N-dealkylation sites (tertiary alicyclic amines) is 1. The van der Waals surface area contributed by atoms with Crippen molar-refractivity contribution < 1.29 is 9.18 Å². The maximum Gasteiger partial charge on any atom is 0.266 e. The van der Waals surface area contributed by atoms with E-state index in [1.807, 2.05) is 23.1 Å². The molecule has 34 heavy (non-hydrogen) atoms. The van der Waals surface area contributed by atoms with E-state index in [0.29, 0.717) is 38.1 Å². The van der Waals surface area contributed by atoms with Crippen molar-refractivity contribution in [3.63, 3.8) is 0 Å². The zero-order valence-corrected chi connectivity index (χ0v) is 19.8. The highest BCUT2D eigenvalue weighted by Gasteiger charge is 2.21. The summed E-state index contributed by atoms with van der Waals surface area (Å²) in [6, 6.07) is 18.3. The number of nitrogens with zero attached hydrogens (tertiary/aromatic N) is 3. The molecule has 1 amide bonds. The smallest absolute Gasteiger partial charge is 0.266 e. The number of amides is 1. The van der Waals surface area contributed by atoms with Crippen LogP contribution in [0.25, 0.3) is 16.6 Å². The van der Waals surface area contributed by atoms with Crippen LogP contribution in [0, 0.1) is 5.82 Å². The first-order chi connectivity index (χ1) is 16.5. The largest absolute Gasteiger partial charge is 0.339 e. The Kier molecular flexibility index (Phi) is 6.39. The Morgan fingerprint density at radius 3 is 2.59 bits per heavy atom. The second-order valence-corrected chi connectivity index (χ2v) is 9.48. The van der Waals surface area contributed by atoms with Crippen LogP contribution in [0.2, 0.25) is 5.02 Å². The van der Waals surface area contributed by atoms with E-state index in [1.165, 1.54) is 28.5 Å². The van der Waals surface area contributed by atoms with Crippen LogP contribution in [0.15, 0.2) is 76.7 Å². The van der Waals surface area contributed by atoms with Gasteiger partial charge < -0.3 is 4.90 Å². The van der Waals surface area contributed by atoms with Crippen LogP contribution < -0.4 is 5.56 Å². The van der Waals surface area contributed by atoms with Gasteiger partial charge in [0.25, 0.3) is 11.5 Å². The van der Waals surface area contributed by atoms with Gasteiger partial charge in [0.1, 0.15) is 5.82 Å². The van der Waals surface area contributed by atoms with E-state index in [-0.39, 0.29) is 11.5 Å². The first-order valence-electron chi connectivity index (χ1n) is 11.0. The van der Waals surface area contributed by atoms with E-state index in [1.54, 1.807) is 36.4 Å². The Balaban J connectivity index is 1.62. The third-order valence-electron chi connectivity index (χ3n) is 5.86. The molecule has 0 saturated carbocycles. The maximum atomic E-state index is 14.0. The number of halogens is 2. The van der Waals surface area contributed by atoms with Gasteiger partial charge in [-0.2, -0.15) is 0 Å². The average molecular weight is 494 g/mol. The topological polar surface area (TPSA) is 55.2 Å². The molecule has 0 unspecified atom stereocenters. The monoisotopic (exact) mass is 493 g/mol. The van der Waals surface area contributed by atoms with E-state index in [2.05, 4.69) is 0 Å². The van der Waals surface area contributed by atoms with Crippen molar-refractivity contribution >= 4 is 40.2 Å². The number of hydrogen-bond acceptors (Lipinski definition) is 4. The molecule has 1 saturated heterocycles. The van der Waals surface area contributed by atoms with Crippen molar-refractivity contribution in [3.8, 4) is 5.69 Å². The van der Waals surface area contributed by atoms with Crippen molar-refractivity contribution in [3.05, 3.63) is 99.1 Å². The quantitative estimate of drug-likeness (QED) is 0.264. The predicted octanol–water partition coefficient (Wildman–Crippen LogP) is 5.71. The van der Waals surface area contributed by atoms with Crippen molar-refractivity contribution in [2.24, 2.45) is 0 Å². The number of fused-ring (bicyclic) bond motifs is 1. The van der Waals surface area contributed by atoms with E-state index < -0.39 is 5.82 Å². The standard InChI is InChI=1S/C26H21ClFN3O2S/c27-22-9-2-1-6-18(22)16-34-26-29-23-14-17(24(32)30-12-3-4-13-30)10-11-21(23)25(33)31(26)20-8-5-7-19(28)15-20/h1-2,5-11,14-15H,3-4,12-13,16H2. The lowest BCUT2D eigenvalue weighted by atomic mass is 10.1. The van der Waals surface area contributed by atoms with Gasteiger partial charge in [0.15, 0.2) is 5.16 Å². The molecule has 0 bridgehead atoms. The molecule has 0 radical (unpaired) electrons. The first-order valence-corrected chi connectivity index (χ1v) is 12.4. The van der Waals surface area contributed by atoms with Gasteiger partial charge in [-0.05, 0) is 60.9 Å². The number of hydrogen-bond donors (Lipinski definition) is 0. The lowest BCUT2D eigenvalue weighted by Gasteiger charge is -2.16. The average Bonchev–Trinajstić information content (AvgIpc) is 3.38. The van der Waals surface area contributed by atoms with Crippen molar-refractivity contribution in [1.82, 2.24) is 14.5 Å². The van der Waals surface area contributed by atoms with Gasteiger partial charge in [0.05, 0.1) is 16.6 Å². The predicted molar refractivity (Wildman–Crippen MR) is 133 cm³/mol. The van der Waals surface area contributed by atoms with Crippen LogP contribution in [-0.2, 0) is 5.75 Å². The molecule has 4 aromatic rings. The highest BCUT2D eigenvalue weighted by molar-refractivity contribution is 7.98. The molecule has 1 aliphatic rings. The van der Waals surface area contributed by atoms with Gasteiger partial charge in [-0.15, -0.1) is 0 Å². The summed E-state index contributed by atoms with van der Waals surface area (Å²) in [7, 11) is 0. The normalized spacial score (nSPS) is 13.5. The molecule has 0 N–H and O–H groups in total. The molecule has 5 nitrogen and oxygen atoms in total. The second kappa shape index (κ2) is 9.60. The molecule has 1 aliphatic heterocycles. The van der Waals surface area contributed by atoms with Crippen molar-refractivity contribution in [2.75, 3.05) is 13.1 Å². The second-order valence-electron chi connectivity index (χ2n) is 8.13. The van der Waals surface area contributed by atoms with E-state index in [9.17, 15) is 14.0 Å². The number of aromatic nitrogens is 2. The molecule has 172 valence electrons. The number of benzene rings is 3. The molecule has 5 rings (SSSR count). The van der Waals surface area contributed by atoms with Crippen LogP contribution in [0.5, 0.6) is 0 Å². The zero-order chi connectivity index (χ0) is 23.7. The molecule has 0 aliphatic carbocycles. The Labute approximate surface area is 205 Å². The van der Waals surface area contributed by atoms with Crippen LogP contribution in [0.3, 0.4) is 0 Å². The summed E-state index contributed by atoms with van der Waals surface area (Å²) in [6.07, 6.45) is 2.00. The maximum absolute atomic E-state index is 14.0. The Hall–Kier alpha value is -3.16. The fourth-order valence-electron chi connectivity index (χ4n) is 4.10. The molecule has 0 atom stereocenters. The Bertz CT molecular complexity index is 1450. The van der Waals surface area contributed by atoms with Crippen LogP contribution in [0.4, 0.5) is 4.39 Å². The molecular formula is C26H21ClFN3O2S. The first kappa shape index (κ1) is 22.6. The molecule has 2 heterocycles. The number of carbonyl (C=O) groups is 1. The molecule has 8 heteroatoms. The fraction of sp³-hybridized carbons (Fsp3) is 0.192. The number of thioether (sulfide) groups is 1. The third-order valence-corrected chi connectivity index (χ3v) is 7.22. The van der Waals surface area contributed by atoms with Crippen molar-refractivity contribution in [1.29, 1.82) is 0 Å². The molecule has 1 aromatic heterocycles. The van der Waals surface area contributed by atoms with E-state index in [0.717, 1.165) is 31.5 Å². The van der Waals surface area contributed by atoms with Gasteiger partial charge in [-0.1, -0.05) is 47.6 Å². The molecular weight excluding hydrogens is 473 g/mol. The minimum absolute atomic E-state index is 0.0548. The Morgan fingerprint density at radius 1 is 1.03 bits per heavy atom. The number of rotatable bonds is 5. The highest BCUT2D eigenvalue weighted by atomic mass is 35.5. The molecule has 3 aromatic carbocycles. The van der Waals surface area contributed by atoms with Gasteiger partial charge in [-0.3, -0.25) is 14.2 Å². The summed E-state index contributed by atoms with van der Waals surface area (Å²) >= 11 is 7.65. The summed E-state index contributed by atoms with van der Waals surface area (Å²) < 4.78 is 15.4. The van der Waals surface area contributed by atoms with Crippen LogP contribution >= 0.6 is 23.4 Å². The van der Waals surface area contributed by atoms with Gasteiger partial charge in [0, 0.05) is 29.4 Å². The minimum atomic E-state index is -0.446. The summed E-state index contributed by atoms with van der Waals surface area (Å²) in [5.74, 6) is -0.0295. The summed E-state index contributed by atoms with van der Waals surface area (Å²) in [4.78, 5) is 33.0. The third kappa shape index (κ3) is 4.45. The lowest BCUT2D eigenvalue weighted by molar-refractivity contribution is 0.0793. The highest BCUT2D eigenvalue weighted by Crippen LogP contribution is 2.28. The summed E-state index contributed by atoms with van der Waals surface area (Å²) in [6.45, 7) is 1.48.